The molecule has 1 rings (SSSR count). The van der Waals surface area contributed by atoms with Crippen LogP contribution in [-0.2, 0) is 11.2 Å². The van der Waals surface area contributed by atoms with E-state index in [4.69, 9.17) is 5.11 Å². The second kappa shape index (κ2) is 5.64. The van der Waals surface area contributed by atoms with E-state index in [0.717, 1.165) is 11.1 Å². The van der Waals surface area contributed by atoms with Gasteiger partial charge < -0.3 is 5.11 Å². The van der Waals surface area contributed by atoms with Crippen LogP contribution in [0.25, 0.3) is 0 Å². The monoisotopic (exact) mass is 221 g/mol. The lowest BCUT2D eigenvalue weighted by atomic mass is 9.91. The third-order valence-corrected chi connectivity index (χ3v) is 2.52. The number of aryl methyl sites for hydroxylation is 1. The lowest BCUT2D eigenvalue weighted by Gasteiger charge is -2.14. The van der Waals surface area contributed by atoms with E-state index in [0.29, 0.717) is 18.8 Å². The highest BCUT2D eigenvalue weighted by Gasteiger charge is 2.19. The van der Waals surface area contributed by atoms with Crippen molar-refractivity contribution in [3.8, 4) is 0 Å². The second-order valence-corrected chi connectivity index (χ2v) is 4.74. The van der Waals surface area contributed by atoms with Gasteiger partial charge in [0.05, 0.1) is 5.92 Å². The average Bonchev–Trinajstić information content (AvgIpc) is 2.15. The first-order chi connectivity index (χ1) is 7.49. The number of hydrogen-bond donors (Lipinski definition) is 1. The molecular weight excluding hydrogens is 202 g/mol. The van der Waals surface area contributed by atoms with Crippen LogP contribution >= 0.6 is 0 Å². The Morgan fingerprint density at radius 1 is 1.44 bits per heavy atom. The van der Waals surface area contributed by atoms with Crippen molar-refractivity contribution in [1.82, 2.24) is 4.98 Å². The van der Waals surface area contributed by atoms with Gasteiger partial charge in [-0.25, -0.2) is 0 Å². The van der Waals surface area contributed by atoms with Crippen LogP contribution in [0.2, 0.25) is 0 Å². The molecule has 0 saturated carbocycles. The first kappa shape index (κ1) is 12.7. The second-order valence-electron chi connectivity index (χ2n) is 4.74. The number of carbonyl (C=O) groups is 1. The predicted octanol–water partition coefficient (Wildman–Crippen LogP) is 2.68. The molecule has 0 saturated heterocycles. The van der Waals surface area contributed by atoms with Crippen molar-refractivity contribution in [2.45, 2.75) is 33.6 Å². The first-order valence-corrected chi connectivity index (χ1v) is 5.62. The first-order valence-electron chi connectivity index (χ1n) is 5.62. The Labute approximate surface area is 96.5 Å². The van der Waals surface area contributed by atoms with Crippen molar-refractivity contribution in [3.63, 3.8) is 0 Å². The number of pyridine rings is 1. The number of carboxylic acids is 1. The number of carboxylic acid groups (broad SMARTS) is 1. The molecule has 0 radical (unpaired) electrons. The molecule has 0 aliphatic rings. The van der Waals surface area contributed by atoms with Gasteiger partial charge in [0.2, 0.25) is 0 Å². The highest BCUT2D eigenvalue weighted by atomic mass is 16.4. The van der Waals surface area contributed by atoms with Gasteiger partial charge in [0.15, 0.2) is 0 Å². The van der Waals surface area contributed by atoms with Crippen LogP contribution in [-0.4, -0.2) is 16.1 Å². The van der Waals surface area contributed by atoms with Crippen LogP contribution in [0.15, 0.2) is 18.5 Å². The molecule has 0 fully saturated rings. The summed E-state index contributed by atoms with van der Waals surface area (Å²) in [6.45, 7) is 6.06. The van der Waals surface area contributed by atoms with E-state index >= 15 is 0 Å². The Morgan fingerprint density at radius 3 is 2.62 bits per heavy atom. The largest absolute Gasteiger partial charge is 0.481 e. The van der Waals surface area contributed by atoms with E-state index in [9.17, 15) is 4.79 Å². The van der Waals surface area contributed by atoms with Crippen molar-refractivity contribution in [2.24, 2.45) is 11.8 Å². The normalized spacial score (nSPS) is 12.8. The Balaban J connectivity index is 2.71. The van der Waals surface area contributed by atoms with Gasteiger partial charge in [-0.3, -0.25) is 9.78 Å². The highest BCUT2D eigenvalue weighted by Crippen LogP contribution is 2.17. The van der Waals surface area contributed by atoms with E-state index in [-0.39, 0.29) is 5.92 Å². The van der Waals surface area contributed by atoms with Crippen molar-refractivity contribution in [1.29, 1.82) is 0 Å². The summed E-state index contributed by atoms with van der Waals surface area (Å²) in [6, 6.07) is 2.00. The Bertz CT molecular complexity index is 361. The summed E-state index contributed by atoms with van der Waals surface area (Å²) >= 11 is 0. The molecule has 1 aromatic heterocycles. The molecule has 0 amide bonds. The van der Waals surface area contributed by atoms with E-state index in [1.54, 1.807) is 12.4 Å². The maximum atomic E-state index is 11.1. The SMILES string of the molecule is Cc1cncc(CC(CC(C)C)C(=O)O)c1. The van der Waals surface area contributed by atoms with Gasteiger partial charge >= 0.3 is 5.97 Å². The molecule has 1 heterocycles. The fourth-order valence-electron chi connectivity index (χ4n) is 1.85. The molecule has 3 nitrogen and oxygen atoms in total. The summed E-state index contributed by atoms with van der Waals surface area (Å²) < 4.78 is 0. The molecule has 3 heteroatoms. The fraction of sp³-hybridized carbons (Fsp3) is 0.538. The number of aromatic nitrogens is 1. The molecule has 1 atom stereocenters. The molecular formula is C13H19NO2. The molecule has 0 aliphatic heterocycles. The zero-order chi connectivity index (χ0) is 12.1. The highest BCUT2D eigenvalue weighted by molar-refractivity contribution is 5.70. The average molecular weight is 221 g/mol. The van der Waals surface area contributed by atoms with Crippen LogP contribution in [0.4, 0.5) is 0 Å². The summed E-state index contributed by atoms with van der Waals surface area (Å²) in [4.78, 5) is 15.2. The standard InChI is InChI=1S/C13H19NO2/c1-9(2)4-12(13(15)16)6-11-5-10(3)7-14-8-11/h5,7-9,12H,4,6H2,1-3H3,(H,15,16). The summed E-state index contributed by atoms with van der Waals surface area (Å²) in [5, 5.41) is 9.13. The molecule has 0 spiro atoms. The maximum absolute atomic E-state index is 11.1. The van der Waals surface area contributed by atoms with E-state index in [2.05, 4.69) is 4.98 Å². The predicted molar refractivity (Wildman–Crippen MR) is 63.3 cm³/mol. The number of nitrogens with zero attached hydrogens (tertiary/aromatic N) is 1. The number of aliphatic carboxylic acids is 1. The zero-order valence-corrected chi connectivity index (χ0v) is 10.1. The third kappa shape index (κ3) is 4.01. The minimum Gasteiger partial charge on any atom is -0.481 e. The zero-order valence-electron chi connectivity index (χ0n) is 10.1. The Hall–Kier alpha value is -1.38. The minimum absolute atomic E-state index is 0.302. The Kier molecular flexibility index (Phi) is 4.47. The quantitative estimate of drug-likeness (QED) is 0.831. The van der Waals surface area contributed by atoms with Crippen LogP contribution in [0.5, 0.6) is 0 Å². The maximum Gasteiger partial charge on any atom is 0.306 e. The molecule has 1 unspecified atom stereocenters. The van der Waals surface area contributed by atoms with Crippen molar-refractivity contribution >= 4 is 5.97 Å². The summed E-state index contributed by atoms with van der Waals surface area (Å²) in [5.41, 5.74) is 2.08. The van der Waals surface area contributed by atoms with Gasteiger partial charge in [-0.2, -0.15) is 0 Å². The van der Waals surface area contributed by atoms with Crippen LogP contribution in [0, 0.1) is 18.8 Å². The van der Waals surface area contributed by atoms with Gasteiger partial charge in [0.25, 0.3) is 0 Å². The van der Waals surface area contributed by atoms with Crippen molar-refractivity contribution in [2.75, 3.05) is 0 Å². The molecule has 1 N–H and O–H groups in total. The lowest BCUT2D eigenvalue weighted by molar-refractivity contribution is -0.142. The molecule has 88 valence electrons. The molecule has 0 bridgehead atoms. The molecule has 16 heavy (non-hydrogen) atoms. The van der Waals surface area contributed by atoms with Gasteiger partial charge in [0.1, 0.15) is 0 Å². The lowest BCUT2D eigenvalue weighted by Crippen LogP contribution is -2.18. The van der Waals surface area contributed by atoms with Crippen molar-refractivity contribution in [3.05, 3.63) is 29.6 Å². The third-order valence-electron chi connectivity index (χ3n) is 2.52. The smallest absolute Gasteiger partial charge is 0.306 e. The van der Waals surface area contributed by atoms with E-state index in [1.165, 1.54) is 0 Å². The molecule has 0 aromatic carbocycles. The minimum atomic E-state index is -0.713. The van der Waals surface area contributed by atoms with E-state index < -0.39 is 5.97 Å². The summed E-state index contributed by atoms with van der Waals surface area (Å²) in [5.74, 6) is -0.613. The molecule has 1 aromatic rings. The summed E-state index contributed by atoms with van der Waals surface area (Å²) in [6.07, 6.45) is 4.82. The fourth-order valence-corrected chi connectivity index (χ4v) is 1.85. The summed E-state index contributed by atoms with van der Waals surface area (Å²) in [7, 11) is 0. The van der Waals surface area contributed by atoms with Crippen LogP contribution < -0.4 is 0 Å². The number of hydrogen-bond acceptors (Lipinski definition) is 2. The van der Waals surface area contributed by atoms with Crippen LogP contribution in [0.1, 0.15) is 31.4 Å². The van der Waals surface area contributed by atoms with Gasteiger partial charge in [-0.1, -0.05) is 19.9 Å². The number of rotatable bonds is 5. The van der Waals surface area contributed by atoms with Crippen molar-refractivity contribution < 1.29 is 9.90 Å². The van der Waals surface area contributed by atoms with Gasteiger partial charge in [-0.05, 0) is 36.8 Å². The molecule has 0 aliphatic carbocycles. The van der Waals surface area contributed by atoms with E-state index in [1.807, 2.05) is 26.8 Å². The van der Waals surface area contributed by atoms with Gasteiger partial charge in [-0.15, -0.1) is 0 Å². The Morgan fingerprint density at radius 2 is 2.12 bits per heavy atom. The topological polar surface area (TPSA) is 50.2 Å². The van der Waals surface area contributed by atoms with Gasteiger partial charge in [0, 0.05) is 12.4 Å². The van der Waals surface area contributed by atoms with Crippen LogP contribution in [0.3, 0.4) is 0 Å².